The second-order valence-corrected chi connectivity index (χ2v) is 5.18. The number of hydrogen-bond donors (Lipinski definition) is 2. The third kappa shape index (κ3) is 3.78. The van der Waals surface area contributed by atoms with E-state index in [2.05, 4.69) is 0 Å². The number of aliphatic hydroxyl groups excluding tert-OH is 1. The lowest BCUT2D eigenvalue weighted by Crippen LogP contribution is -2.28. The first-order valence-corrected chi connectivity index (χ1v) is 6.78. The van der Waals surface area contributed by atoms with E-state index in [-0.39, 0.29) is 11.3 Å². The first kappa shape index (κ1) is 15.4. The van der Waals surface area contributed by atoms with Crippen LogP contribution in [0.5, 0.6) is 0 Å². The van der Waals surface area contributed by atoms with Crippen molar-refractivity contribution in [3.8, 4) is 0 Å². The zero-order valence-corrected chi connectivity index (χ0v) is 11.9. The fraction of sp³-hybridized carbons (Fsp3) is 0.200. The summed E-state index contributed by atoms with van der Waals surface area (Å²) in [7, 11) is 0. The van der Waals surface area contributed by atoms with Crippen molar-refractivity contribution >= 4 is 17.3 Å². The SMILES string of the molecule is N[C@H](c1cc(Cl)ccc1[N+](=O)[O-])[C@@H](O)Cc1ccccc1. The molecular weight excluding hydrogens is 292 g/mol. The Kier molecular flexibility index (Phi) is 4.90. The van der Waals surface area contributed by atoms with Crippen molar-refractivity contribution < 1.29 is 10.0 Å². The summed E-state index contributed by atoms with van der Waals surface area (Å²) in [6, 6.07) is 12.6. The van der Waals surface area contributed by atoms with Gasteiger partial charge in [0.15, 0.2) is 0 Å². The Morgan fingerprint density at radius 1 is 1.24 bits per heavy atom. The summed E-state index contributed by atoms with van der Waals surface area (Å²) in [5.41, 5.74) is 6.98. The van der Waals surface area contributed by atoms with E-state index >= 15 is 0 Å². The number of rotatable bonds is 5. The van der Waals surface area contributed by atoms with Crippen LogP contribution >= 0.6 is 11.6 Å². The molecule has 2 aromatic carbocycles. The maximum atomic E-state index is 11.0. The van der Waals surface area contributed by atoms with E-state index < -0.39 is 17.1 Å². The third-order valence-electron chi connectivity index (χ3n) is 3.25. The zero-order chi connectivity index (χ0) is 15.4. The van der Waals surface area contributed by atoms with Gasteiger partial charge in [0.1, 0.15) is 0 Å². The van der Waals surface area contributed by atoms with Gasteiger partial charge in [-0.3, -0.25) is 10.1 Å². The van der Waals surface area contributed by atoms with Gasteiger partial charge >= 0.3 is 0 Å². The first-order chi connectivity index (χ1) is 9.99. The maximum Gasteiger partial charge on any atom is 0.274 e. The minimum absolute atomic E-state index is 0.140. The van der Waals surface area contributed by atoms with Crippen molar-refractivity contribution in [2.45, 2.75) is 18.6 Å². The van der Waals surface area contributed by atoms with Crippen LogP contribution in [0.3, 0.4) is 0 Å². The quantitative estimate of drug-likeness (QED) is 0.656. The average Bonchev–Trinajstić information content (AvgIpc) is 2.47. The monoisotopic (exact) mass is 306 g/mol. The molecule has 0 radical (unpaired) electrons. The van der Waals surface area contributed by atoms with E-state index in [0.717, 1.165) is 5.56 Å². The number of benzene rings is 2. The molecule has 0 fully saturated rings. The minimum atomic E-state index is -0.940. The number of nitrogens with zero attached hydrogens (tertiary/aromatic N) is 1. The lowest BCUT2D eigenvalue weighted by Gasteiger charge is -2.19. The van der Waals surface area contributed by atoms with Crippen molar-refractivity contribution in [2.75, 3.05) is 0 Å². The molecule has 0 unspecified atom stereocenters. The molecule has 0 aliphatic heterocycles. The minimum Gasteiger partial charge on any atom is -0.391 e. The average molecular weight is 307 g/mol. The van der Waals surface area contributed by atoms with Crippen molar-refractivity contribution in [3.05, 3.63) is 74.8 Å². The van der Waals surface area contributed by atoms with Gasteiger partial charge in [-0.2, -0.15) is 0 Å². The highest BCUT2D eigenvalue weighted by molar-refractivity contribution is 6.30. The van der Waals surface area contributed by atoms with Gasteiger partial charge in [0, 0.05) is 17.5 Å². The van der Waals surface area contributed by atoms with Crippen molar-refractivity contribution in [1.29, 1.82) is 0 Å². The highest BCUT2D eigenvalue weighted by Gasteiger charge is 2.25. The van der Waals surface area contributed by atoms with Crippen molar-refractivity contribution in [2.24, 2.45) is 5.73 Å². The molecule has 2 aromatic rings. The highest BCUT2D eigenvalue weighted by atomic mass is 35.5. The normalized spacial score (nSPS) is 13.7. The summed E-state index contributed by atoms with van der Waals surface area (Å²) in [5.74, 6) is 0. The first-order valence-electron chi connectivity index (χ1n) is 6.40. The molecule has 0 aliphatic rings. The molecule has 0 aliphatic carbocycles. The number of nitro groups is 1. The number of hydrogen-bond acceptors (Lipinski definition) is 4. The lowest BCUT2D eigenvalue weighted by atomic mass is 9.96. The van der Waals surface area contributed by atoms with E-state index in [1.807, 2.05) is 30.3 Å². The molecule has 0 heterocycles. The zero-order valence-electron chi connectivity index (χ0n) is 11.1. The van der Waals surface area contributed by atoms with Crippen LogP contribution in [0.4, 0.5) is 5.69 Å². The predicted octanol–water partition coefficient (Wildman–Crippen LogP) is 2.85. The van der Waals surface area contributed by atoms with Gasteiger partial charge in [-0.05, 0) is 17.7 Å². The Balaban J connectivity index is 2.24. The molecule has 0 amide bonds. The van der Waals surface area contributed by atoms with Gasteiger partial charge in [0.05, 0.1) is 22.6 Å². The molecule has 0 saturated carbocycles. The van der Waals surface area contributed by atoms with Crippen LogP contribution in [0.25, 0.3) is 0 Å². The molecule has 5 nitrogen and oxygen atoms in total. The lowest BCUT2D eigenvalue weighted by molar-refractivity contribution is -0.385. The van der Waals surface area contributed by atoms with Gasteiger partial charge in [-0.25, -0.2) is 0 Å². The summed E-state index contributed by atoms with van der Waals surface area (Å²) in [6.45, 7) is 0. The Bertz CT molecular complexity index is 634. The van der Waals surface area contributed by atoms with Crippen molar-refractivity contribution in [3.63, 3.8) is 0 Å². The molecule has 2 atom stereocenters. The van der Waals surface area contributed by atoms with E-state index in [0.29, 0.717) is 11.4 Å². The van der Waals surface area contributed by atoms with Crippen LogP contribution < -0.4 is 5.73 Å². The molecule has 21 heavy (non-hydrogen) atoms. The molecule has 3 N–H and O–H groups in total. The van der Waals surface area contributed by atoms with E-state index in [9.17, 15) is 15.2 Å². The van der Waals surface area contributed by atoms with Gasteiger partial charge in [-0.1, -0.05) is 41.9 Å². The van der Waals surface area contributed by atoms with Gasteiger partial charge in [-0.15, -0.1) is 0 Å². The second-order valence-electron chi connectivity index (χ2n) is 4.74. The van der Waals surface area contributed by atoms with Gasteiger partial charge in [0.25, 0.3) is 5.69 Å². The summed E-state index contributed by atoms with van der Waals surface area (Å²) < 4.78 is 0. The van der Waals surface area contributed by atoms with E-state index in [4.69, 9.17) is 17.3 Å². The number of halogens is 1. The predicted molar refractivity (Wildman–Crippen MR) is 81.2 cm³/mol. The number of nitro benzene ring substituents is 1. The molecule has 0 bridgehead atoms. The van der Waals surface area contributed by atoms with Gasteiger partial charge < -0.3 is 10.8 Å². The van der Waals surface area contributed by atoms with E-state index in [1.54, 1.807) is 0 Å². The summed E-state index contributed by atoms with van der Waals surface area (Å²) in [4.78, 5) is 10.5. The van der Waals surface area contributed by atoms with Crippen LogP contribution in [-0.4, -0.2) is 16.1 Å². The molecule has 0 spiro atoms. The van der Waals surface area contributed by atoms with Crippen LogP contribution in [-0.2, 0) is 6.42 Å². The standard InChI is InChI=1S/C15H15ClN2O3/c16-11-6-7-13(18(20)21)12(9-11)15(17)14(19)8-10-4-2-1-3-5-10/h1-7,9,14-15,19H,8,17H2/t14-,15+/m0/s1. The largest absolute Gasteiger partial charge is 0.391 e. The molecule has 0 aromatic heterocycles. The second kappa shape index (κ2) is 6.67. The Morgan fingerprint density at radius 2 is 1.90 bits per heavy atom. The van der Waals surface area contributed by atoms with Crippen molar-refractivity contribution in [1.82, 2.24) is 0 Å². The Labute approximate surface area is 127 Å². The molecule has 0 saturated heterocycles. The molecule has 110 valence electrons. The van der Waals surface area contributed by atoms with E-state index in [1.165, 1.54) is 18.2 Å². The van der Waals surface area contributed by atoms with Crippen LogP contribution in [0.2, 0.25) is 5.02 Å². The van der Waals surface area contributed by atoms with Crippen LogP contribution in [0.15, 0.2) is 48.5 Å². The number of aliphatic hydroxyl groups is 1. The maximum absolute atomic E-state index is 11.0. The summed E-state index contributed by atoms with van der Waals surface area (Å²) in [6.07, 6.45) is -0.629. The highest BCUT2D eigenvalue weighted by Crippen LogP contribution is 2.29. The third-order valence-corrected chi connectivity index (χ3v) is 3.48. The molecule has 2 rings (SSSR count). The number of nitrogens with two attached hydrogens (primary N) is 1. The van der Waals surface area contributed by atoms with Gasteiger partial charge in [0.2, 0.25) is 0 Å². The van der Waals surface area contributed by atoms with Crippen LogP contribution in [0, 0.1) is 10.1 Å². The Morgan fingerprint density at radius 3 is 2.52 bits per heavy atom. The fourth-order valence-electron chi connectivity index (χ4n) is 2.15. The van der Waals surface area contributed by atoms with Crippen LogP contribution in [0.1, 0.15) is 17.2 Å². The topological polar surface area (TPSA) is 89.4 Å². The smallest absolute Gasteiger partial charge is 0.274 e. The Hall–Kier alpha value is -1.95. The summed E-state index contributed by atoms with van der Waals surface area (Å²) >= 11 is 5.87. The molecular formula is C15H15ClN2O3. The summed E-state index contributed by atoms with van der Waals surface area (Å²) in [5, 5.41) is 21.6. The molecule has 6 heteroatoms. The fourth-order valence-corrected chi connectivity index (χ4v) is 2.33.